The third kappa shape index (κ3) is 3.78. The number of nitrogens with zero attached hydrogens (tertiary/aromatic N) is 6. The van der Waals surface area contributed by atoms with E-state index in [1.165, 1.54) is 27.6 Å². The number of benzene rings is 2. The van der Waals surface area contributed by atoms with Crippen LogP contribution in [-0.2, 0) is 0 Å². The van der Waals surface area contributed by atoms with Gasteiger partial charge in [-0.15, -0.1) is 0 Å². The zero-order chi connectivity index (χ0) is 26.9. The van der Waals surface area contributed by atoms with Crippen LogP contribution in [0.3, 0.4) is 0 Å². The summed E-state index contributed by atoms with van der Waals surface area (Å²) in [4.78, 5) is 16.6. The van der Waals surface area contributed by atoms with Gasteiger partial charge >= 0.3 is 0 Å². The molecule has 3 N–H and O–H groups in total. The zero-order valence-corrected chi connectivity index (χ0v) is 23.0. The first-order chi connectivity index (χ1) is 20.3. The summed E-state index contributed by atoms with van der Waals surface area (Å²) in [5, 5.41) is 20.4. The summed E-state index contributed by atoms with van der Waals surface area (Å²) >= 11 is 1.84. The maximum Gasteiger partial charge on any atom is 0.0839 e. The van der Waals surface area contributed by atoms with Crippen LogP contribution in [0.25, 0.3) is 44.1 Å². The quantitative estimate of drug-likeness (QED) is 0.266. The average Bonchev–Trinajstić information content (AvgIpc) is 3.83. The number of rotatable bonds is 5. The van der Waals surface area contributed by atoms with Gasteiger partial charge in [-0.3, -0.25) is 25.1 Å². The first kappa shape index (κ1) is 23.5. The van der Waals surface area contributed by atoms with Crippen molar-refractivity contribution in [3.8, 4) is 22.3 Å². The van der Waals surface area contributed by atoms with Crippen LogP contribution in [0.4, 0.5) is 11.4 Å². The minimum Gasteiger partial charge on any atom is -0.338 e. The standard InChI is InChI=1S/C31H27N9S/c1-3-28-30(7-18(1)22-11-32-15-26-24(22)13-35-37-26)41-31-8-19(23-12-33-16-27-25(23)14-36-38-27)2-4-29(31)40(28)6-5-39-17-20-9-21(39)10-34-20/h1-4,7-8,11-16,20-21,34H,5-6,9-10,17H2,(H,35,37)(H,36,38)/t20-,21-/m1/s1. The third-order valence-electron chi connectivity index (χ3n) is 8.86. The van der Waals surface area contributed by atoms with E-state index in [1.807, 2.05) is 48.9 Å². The lowest BCUT2D eigenvalue weighted by molar-refractivity contribution is 0.232. The summed E-state index contributed by atoms with van der Waals surface area (Å²) in [5.74, 6) is 0. The molecule has 2 saturated heterocycles. The van der Waals surface area contributed by atoms with Crippen LogP contribution >= 0.6 is 11.8 Å². The molecule has 9 nitrogen and oxygen atoms in total. The molecule has 4 aromatic heterocycles. The molecule has 2 atom stereocenters. The molecule has 7 heterocycles. The van der Waals surface area contributed by atoms with Crippen molar-refractivity contribution in [1.82, 2.24) is 40.6 Å². The highest BCUT2D eigenvalue weighted by molar-refractivity contribution is 7.99. The van der Waals surface area contributed by atoms with Crippen molar-refractivity contribution in [2.24, 2.45) is 0 Å². The third-order valence-corrected chi connectivity index (χ3v) is 9.95. The molecule has 2 bridgehead atoms. The Balaban J connectivity index is 1.13. The largest absolute Gasteiger partial charge is 0.338 e. The van der Waals surface area contributed by atoms with E-state index in [1.54, 1.807) is 0 Å². The van der Waals surface area contributed by atoms with Crippen LogP contribution in [-0.4, -0.2) is 73.5 Å². The molecule has 3 aliphatic rings. The highest BCUT2D eigenvalue weighted by Gasteiger charge is 2.37. The van der Waals surface area contributed by atoms with E-state index >= 15 is 0 Å². The van der Waals surface area contributed by atoms with E-state index in [0.717, 1.165) is 70.2 Å². The number of fused-ring (bicyclic) bond motifs is 6. The molecule has 6 aromatic rings. The van der Waals surface area contributed by atoms with Crippen molar-refractivity contribution in [2.75, 3.05) is 31.1 Å². The van der Waals surface area contributed by atoms with Crippen molar-refractivity contribution in [3.63, 3.8) is 0 Å². The molecular weight excluding hydrogens is 530 g/mol. The summed E-state index contributed by atoms with van der Waals surface area (Å²) < 4.78 is 0. The molecule has 41 heavy (non-hydrogen) atoms. The Morgan fingerprint density at radius 1 is 0.756 bits per heavy atom. The van der Waals surface area contributed by atoms with E-state index in [9.17, 15) is 0 Å². The maximum atomic E-state index is 4.47. The molecule has 0 aliphatic carbocycles. The van der Waals surface area contributed by atoms with Crippen molar-refractivity contribution >= 4 is 44.9 Å². The molecule has 0 saturated carbocycles. The number of likely N-dealkylation sites (tertiary alicyclic amines) is 1. The second-order valence-electron chi connectivity index (χ2n) is 11.1. The zero-order valence-electron chi connectivity index (χ0n) is 22.2. The normalized spacial score (nSPS) is 19.8. The number of hydrogen-bond acceptors (Lipinski definition) is 8. The molecule has 3 aliphatic heterocycles. The van der Waals surface area contributed by atoms with Crippen LogP contribution in [0.15, 0.2) is 83.4 Å². The second-order valence-corrected chi connectivity index (χ2v) is 12.2. The molecule has 202 valence electrons. The van der Waals surface area contributed by atoms with Crippen LogP contribution in [0.2, 0.25) is 0 Å². The highest BCUT2D eigenvalue weighted by atomic mass is 32.2. The topological polar surface area (TPSA) is 102 Å². The van der Waals surface area contributed by atoms with Crippen LogP contribution in [0.5, 0.6) is 0 Å². The van der Waals surface area contributed by atoms with Crippen LogP contribution in [0, 0.1) is 0 Å². The monoisotopic (exact) mass is 557 g/mol. The molecule has 10 heteroatoms. The molecule has 0 unspecified atom stereocenters. The van der Waals surface area contributed by atoms with Crippen molar-refractivity contribution in [2.45, 2.75) is 28.3 Å². The molecule has 0 amide bonds. The molecule has 9 rings (SSSR count). The summed E-state index contributed by atoms with van der Waals surface area (Å²) in [6, 6.07) is 14.9. The SMILES string of the molecule is c1cc2c(cc1-c1cncc3[nH]ncc13)Sc1cc(-c3cncc4[nH]ncc34)ccc1N2CCN1C[C@H]2C[C@@H]1CN2. The Bertz CT molecular complexity index is 1820. The number of H-pyrrole nitrogens is 2. The first-order valence-electron chi connectivity index (χ1n) is 14.0. The van der Waals surface area contributed by atoms with Gasteiger partial charge in [0, 0.05) is 82.3 Å². The van der Waals surface area contributed by atoms with E-state index in [4.69, 9.17) is 0 Å². The van der Waals surface area contributed by atoms with Gasteiger partial charge < -0.3 is 10.2 Å². The number of nitrogens with one attached hydrogen (secondary N) is 3. The highest BCUT2D eigenvalue weighted by Crippen LogP contribution is 2.50. The fraction of sp³-hybridized carbons (Fsp3) is 0.226. The number of hydrogen-bond donors (Lipinski definition) is 3. The number of aromatic amines is 2. The predicted molar refractivity (Wildman–Crippen MR) is 162 cm³/mol. The smallest absolute Gasteiger partial charge is 0.0839 e. The fourth-order valence-electron chi connectivity index (χ4n) is 6.80. The number of aromatic nitrogens is 6. The van der Waals surface area contributed by atoms with Crippen LogP contribution in [0.1, 0.15) is 6.42 Å². The molecule has 2 fully saturated rings. The van der Waals surface area contributed by atoms with Crippen molar-refractivity contribution < 1.29 is 0 Å². The van der Waals surface area contributed by atoms with Gasteiger partial charge in [0.1, 0.15) is 0 Å². The van der Waals surface area contributed by atoms with E-state index in [0.29, 0.717) is 12.1 Å². The lowest BCUT2D eigenvalue weighted by atomic mass is 10.0. The Morgan fingerprint density at radius 3 is 1.95 bits per heavy atom. The van der Waals surface area contributed by atoms with Gasteiger partial charge in [-0.25, -0.2) is 0 Å². The van der Waals surface area contributed by atoms with Crippen molar-refractivity contribution in [3.05, 3.63) is 73.6 Å². The second kappa shape index (κ2) is 9.13. The average molecular weight is 558 g/mol. The summed E-state index contributed by atoms with van der Waals surface area (Å²) in [6.45, 7) is 4.25. The van der Waals surface area contributed by atoms with E-state index in [-0.39, 0.29) is 0 Å². The minimum atomic E-state index is 0.653. The molecule has 0 spiro atoms. The predicted octanol–water partition coefficient (Wildman–Crippen LogP) is 5.21. The minimum absolute atomic E-state index is 0.653. The van der Waals surface area contributed by atoms with Gasteiger partial charge in [0.25, 0.3) is 0 Å². The molecular formula is C31H27N9S. The first-order valence-corrected chi connectivity index (χ1v) is 14.9. The van der Waals surface area contributed by atoms with Crippen LogP contribution < -0.4 is 10.2 Å². The van der Waals surface area contributed by atoms with Crippen molar-refractivity contribution in [1.29, 1.82) is 0 Å². The van der Waals surface area contributed by atoms with Gasteiger partial charge in [-0.1, -0.05) is 23.9 Å². The van der Waals surface area contributed by atoms with Gasteiger partial charge in [-0.2, -0.15) is 10.2 Å². The number of anilines is 2. The van der Waals surface area contributed by atoms with E-state index < -0.39 is 0 Å². The Labute approximate surface area is 240 Å². The number of pyridine rings is 2. The van der Waals surface area contributed by atoms with Gasteiger partial charge in [0.15, 0.2) is 0 Å². The van der Waals surface area contributed by atoms with Gasteiger partial charge in [-0.05, 0) is 41.8 Å². The van der Waals surface area contributed by atoms with E-state index in [2.05, 4.69) is 81.9 Å². The van der Waals surface area contributed by atoms with Gasteiger partial charge in [0.2, 0.25) is 0 Å². The summed E-state index contributed by atoms with van der Waals surface area (Å²) in [5.41, 5.74) is 8.87. The molecule has 2 aromatic carbocycles. The van der Waals surface area contributed by atoms with Gasteiger partial charge in [0.05, 0.1) is 47.2 Å². The Hall–Kier alpha value is -4.25. The number of piperazine rings is 1. The lowest BCUT2D eigenvalue weighted by Gasteiger charge is -2.36. The lowest BCUT2D eigenvalue weighted by Crippen LogP contribution is -2.46. The maximum absolute atomic E-state index is 4.47. The molecule has 0 radical (unpaired) electrons. The Morgan fingerprint density at radius 2 is 1.39 bits per heavy atom. The summed E-state index contributed by atoms with van der Waals surface area (Å²) in [7, 11) is 0. The Kier molecular flexibility index (Phi) is 5.22. The summed E-state index contributed by atoms with van der Waals surface area (Å²) in [6.07, 6.45) is 12.6. The fourth-order valence-corrected chi connectivity index (χ4v) is 7.98.